The maximum atomic E-state index is 9.15. The molecule has 1 aromatic carbocycles. The molecule has 2 rings (SSSR count). The Morgan fingerprint density at radius 1 is 1.14 bits per heavy atom. The summed E-state index contributed by atoms with van der Waals surface area (Å²) in [5, 5.41) is 17.8. The molecule has 0 aliphatic carbocycles. The Balaban J connectivity index is 2.41. The number of benzene rings is 1. The summed E-state index contributed by atoms with van der Waals surface area (Å²) in [5.74, 6) is 5.84. The van der Waals surface area contributed by atoms with Gasteiger partial charge in [-0.25, -0.2) is 4.98 Å². The molecule has 21 heavy (non-hydrogen) atoms. The van der Waals surface area contributed by atoms with Crippen molar-refractivity contribution in [2.45, 2.75) is 6.42 Å². The van der Waals surface area contributed by atoms with Crippen LogP contribution in [0, 0.1) is 23.2 Å². The van der Waals surface area contributed by atoms with Crippen molar-refractivity contribution in [2.75, 3.05) is 18.1 Å². The fourth-order valence-corrected chi connectivity index (χ4v) is 1.75. The lowest BCUT2D eigenvalue weighted by Gasteiger charge is -2.06. The van der Waals surface area contributed by atoms with E-state index in [-0.39, 0.29) is 23.9 Å². The van der Waals surface area contributed by atoms with Gasteiger partial charge in [0.15, 0.2) is 0 Å². The molecule has 6 heteroatoms. The first-order valence-corrected chi connectivity index (χ1v) is 6.19. The Hall–Kier alpha value is -3.09. The quantitative estimate of drug-likeness (QED) is 0.702. The average Bonchev–Trinajstić information content (AvgIpc) is 2.47. The van der Waals surface area contributed by atoms with E-state index in [2.05, 4.69) is 21.8 Å². The molecule has 0 saturated heterocycles. The summed E-state index contributed by atoms with van der Waals surface area (Å²) >= 11 is 0. The Bertz CT molecular complexity index is 751. The monoisotopic (exact) mass is 279 g/mol. The molecule has 0 saturated carbocycles. The second-order valence-electron chi connectivity index (χ2n) is 4.16. The molecular weight excluding hydrogens is 266 g/mol. The first-order chi connectivity index (χ1) is 10.2. The zero-order valence-corrected chi connectivity index (χ0v) is 11.2. The third-order valence-electron chi connectivity index (χ3n) is 2.69. The lowest BCUT2D eigenvalue weighted by molar-refractivity contribution is 0.305. The summed E-state index contributed by atoms with van der Waals surface area (Å²) in [7, 11) is 0. The number of rotatable bonds is 2. The molecule has 2 aromatic rings. The summed E-state index contributed by atoms with van der Waals surface area (Å²) < 4.78 is 0. The maximum Gasteiger partial charge on any atom is 0.222 e. The summed E-state index contributed by atoms with van der Waals surface area (Å²) in [5.41, 5.74) is 13.4. The molecule has 0 radical (unpaired) electrons. The fourth-order valence-electron chi connectivity index (χ4n) is 1.75. The van der Waals surface area contributed by atoms with Gasteiger partial charge in [-0.1, -0.05) is 24.0 Å². The van der Waals surface area contributed by atoms with Crippen LogP contribution in [0.3, 0.4) is 0 Å². The van der Waals surface area contributed by atoms with Crippen LogP contribution in [0.4, 0.5) is 11.8 Å². The van der Waals surface area contributed by atoms with Crippen molar-refractivity contribution in [3.63, 3.8) is 0 Å². The molecule has 0 spiro atoms. The zero-order valence-electron chi connectivity index (χ0n) is 11.2. The first-order valence-electron chi connectivity index (χ1n) is 6.19. The number of anilines is 2. The molecule has 1 aromatic heterocycles. The van der Waals surface area contributed by atoms with Gasteiger partial charge in [-0.15, -0.1) is 0 Å². The Morgan fingerprint density at radius 2 is 1.86 bits per heavy atom. The number of hydrogen-bond donors (Lipinski definition) is 3. The highest BCUT2D eigenvalue weighted by Gasteiger charge is 2.12. The SMILES string of the molecule is N#Cc1c(N)nc(N)nc1-c1ccc(C#CCCO)cc1. The van der Waals surface area contributed by atoms with Gasteiger partial charge in [-0.2, -0.15) is 10.2 Å². The summed E-state index contributed by atoms with van der Waals surface area (Å²) in [6.45, 7) is 0.0378. The van der Waals surface area contributed by atoms with Gasteiger partial charge in [0.1, 0.15) is 17.5 Å². The topological polar surface area (TPSA) is 122 Å². The van der Waals surface area contributed by atoms with Gasteiger partial charge in [0.2, 0.25) is 5.95 Å². The van der Waals surface area contributed by atoms with Gasteiger partial charge in [-0.05, 0) is 12.1 Å². The lowest BCUT2D eigenvalue weighted by Crippen LogP contribution is -2.04. The Labute approximate surface area is 122 Å². The standard InChI is InChI=1S/C15H13N5O/c16-9-12-13(19-15(18)20-14(12)17)11-6-4-10(5-7-11)3-1-2-8-21/h4-7,21H,2,8H2,(H4,17,18,19,20). The molecule has 0 unspecified atom stereocenters. The number of nitriles is 1. The van der Waals surface area contributed by atoms with E-state index in [0.29, 0.717) is 17.7 Å². The highest BCUT2D eigenvalue weighted by Crippen LogP contribution is 2.25. The first kappa shape index (κ1) is 14.3. The van der Waals surface area contributed by atoms with E-state index in [1.54, 1.807) is 24.3 Å². The van der Waals surface area contributed by atoms with Crippen LogP contribution in [0.2, 0.25) is 0 Å². The molecular formula is C15H13N5O. The van der Waals surface area contributed by atoms with Crippen molar-refractivity contribution in [1.29, 1.82) is 5.26 Å². The largest absolute Gasteiger partial charge is 0.395 e. The van der Waals surface area contributed by atoms with Gasteiger partial charge in [-0.3, -0.25) is 0 Å². The van der Waals surface area contributed by atoms with Crippen molar-refractivity contribution >= 4 is 11.8 Å². The third kappa shape index (κ3) is 3.27. The van der Waals surface area contributed by atoms with Crippen LogP contribution in [0.5, 0.6) is 0 Å². The minimum atomic E-state index is 0.0216. The second-order valence-corrected chi connectivity index (χ2v) is 4.16. The van der Waals surface area contributed by atoms with Crippen molar-refractivity contribution < 1.29 is 5.11 Å². The van der Waals surface area contributed by atoms with E-state index in [0.717, 1.165) is 5.56 Å². The van der Waals surface area contributed by atoms with E-state index in [9.17, 15) is 0 Å². The number of hydrogen-bond acceptors (Lipinski definition) is 6. The number of aliphatic hydroxyl groups excluding tert-OH is 1. The Kier molecular flexibility index (Phi) is 4.35. The van der Waals surface area contributed by atoms with E-state index in [1.807, 2.05) is 6.07 Å². The van der Waals surface area contributed by atoms with E-state index < -0.39 is 0 Å². The van der Waals surface area contributed by atoms with Crippen LogP contribution in [0.25, 0.3) is 11.3 Å². The molecule has 0 aliphatic rings. The zero-order chi connectivity index (χ0) is 15.2. The van der Waals surface area contributed by atoms with Crippen LogP contribution in [0.1, 0.15) is 17.5 Å². The van der Waals surface area contributed by atoms with Crippen LogP contribution >= 0.6 is 0 Å². The van der Waals surface area contributed by atoms with Crippen molar-refractivity contribution in [2.24, 2.45) is 0 Å². The maximum absolute atomic E-state index is 9.15. The smallest absolute Gasteiger partial charge is 0.222 e. The number of nitrogen functional groups attached to an aromatic ring is 2. The van der Waals surface area contributed by atoms with E-state index in [1.165, 1.54) is 0 Å². The summed E-state index contributed by atoms with van der Waals surface area (Å²) in [6, 6.07) is 9.15. The normalized spacial score (nSPS) is 9.52. The molecule has 104 valence electrons. The summed E-state index contributed by atoms with van der Waals surface area (Å²) in [6.07, 6.45) is 0.430. The number of nitrogens with zero attached hydrogens (tertiary/aromatic N) is 3. The van der Waals surface area contributed by atoms with E-state index in [4.69, 9.17) is 21.8 Å². The van der Waals surface area contributed by atoms with Crippen LogP contribution < -0.4 is 11.5 Å². The third-order valence-corrected chi connectivity index (χ3v) is 2.69. The molecule has 0 bridgehead atoms. The van der Waals surface area contributed by atoms with Crippen LogP contribution in [-0.2, 0) is 0 Å². The second kappa shape index (κ2) is 6.38. The van der Waals surface area contributed by atoms with Gasteiger partial charge in [0, 0.05) is 17.5 Å². The van der Waals surface area contributed by atoms with Gasteiger partial charge in [0.25, 0.3) is 0 Å². The highest BCUT2D eigenvalue weighted by atomic mass is 16.2. The van der Waals surface area contributed by atoms with Gasteiger partial charge in [0.05, 0.1) is 12.3 Å². The molecule has 6 nitrogen and oxygen atoms in total. The van der Waals surface area contributed by atoms with Crippen molar-refractivity contribution in [3.05, 3.63) is 35.4 Å². The molecule has 0 fully saturated rings. The predicted molar refractivity (Wildman–Crippen MR) is 79.6 cm³/mol. The number of aliphatic hydroxyl groups is 1. The van der Waals surface area contributed by atoms with Crippen molar-refractivity contribution in [1.82, 2.24) is 9.97 Å². The molecule has 0 atom stereocenters. The minimum absolute atomic E-state index is 0.0216. The lowest BCUT2D eigenvalue weighted by atomic mass is 10.1. The minimum Gasteiger partial charge on any atom is -0.395 e. The molecule has 0 amide bonds. The predicted octanol–water partition coefficient (Wildman–Crippen LogP) is 0.914. The molecule has 5 N–H and O–H groups in total. The average molecular weight is 279 g/mol. The van der Waals surface area contributed by atoms with Gasteiger partial charge < -0.3 is 16.6 Å². The van der Waals surface area contributed by atoms with E-state index >= 15 is 0 Å². The fraction of sp³-hybridized carbons (Fsp3) is 0.133. The molecule has 1 heterocycles. The number of aromatic nitrogens is 2. The van der Waals surface area contributed by atoms with Crippen molar-refractivity contribution in [3.8, 4) is 29.2 Å². The Morgan fingerprint density at radius 3 is 2.48 bits per heavy atom. The van der Waals surface area contributed by atoms with Crippen LogP contribution in [0.15, 0.2) is 24.3 Å². The van der Waals surface area contributed by atoms with Crippen LogP contribution in [-0.4, -0.2) is 21.7 Å². The summed E-state index contributed by atoms with van der Waals surface area (Å²) in [4.78, 5) is 7.85. The van der Waals surface area contributed by atoms with Gasteiger partial charge >= 0.3 is 0 Å². The molecule has 0 aliphatic heterocycles. The highest BCUT2D eigenvalue weighted by molar-refractivity contribution is 5.73. The number of nitrogens with two attached hydrogens (primary N) is 2.